The molecule has 1 aliphatic heterocycles. The fraction of sp³-hybridized carbons (Fsp3) is 0.350. The number of hydrogen-bond donors (Lipinski definition) is 3. The summed E-state index contributed by atoms with van der Waals surface area (Å²) >= 11 is 1.11. The Hall–Kier alpha value is -3.35. The second-order valence-corrected chi connectivity index (χ2v) is 8.74. The van der Waals surface area contributed by atoms with Gasteiger partial charge in [-0.1, -0.05) is 0 Å². The second kappa shape index (κ2) is 7.08. The van der Waals surface area contributed by atoms with Crippen molar-refractivity contribution in [3.63, 3.8) is 0 Å². The molecule has 2 fully saturated rings. The first kappa shape index (κ1) is 19.3. The van der Waals surface area contributed by atoms with Crippen molar-refractivity contribution in [3.05, 3.63) is 40.6 Å². The summed E-state index contributed by atoms with van der Waals surface area (Å²) < 4.78 is 12.2. The lowest BCUT2D eigenvalue weighted by atomic mass is 10.1. The molecule has 3 aromatic heterocycles. The van der Waals surface area contributed by atoms with Crippen LogP contribution in [0.3, 0.4) is 0 Å². The Balaban J connectivity index is 1.33. The van der Waals surface area contributed by atoms with Gasteiger partial charge in [0.25, 0.3) is 11.5 Å². The van der Waals surface area contributed by atoms with E-state index in [1.54, 1.807) is 18.2 Å². The molecule has 1 unspecified atom stereocenters. The van der Waals surface area contributed by atoms with E-state index in [2.05, 4.69) is 19.4 Å². The van der Waals surface area contributed by atoms with E-state index >= 15 is 0 Å². The molecule has 32 heavy (non-hydrogen) atoms. The zero-order chi connectivity index (χ0) is 22.0. The van der Waals surface area contributed by atoms with Crippen LogP contribution in [0, 0.1) is 0 Å². The number of carbonyl (C=O) groups excluding carboxylic acids is 1. The van der Waals surface area contributed by atoms with Gasteiger partial charge in [0.15, 0.2) is 11.9 Å². The van der Waals surface area contributed by atoms with Crippen LogP contribution in [0.1, 0.15) is 30.8 Å². The number of nitrogen functional groups attached to an aromatic ring is 1. The number of aliphatic hydroxyl groups is 1. The molecule has 4 aromatic rings. The largest absolute Gasteiger partial charge is 0.382 e. The molecule has 0 bridgehead atoms. The predicted molar refractivity (Wildman–Crippen MR) is 118 cm³/mol. The Kier molecular flexibility index (Phi) is 4.28. The third kappa shape index (κ3) is 2.98. The molecule has 12 heteroatoms. The molecule has 4 heterocycles. The second-order valence-electron chi connectivity index (χ2n) is 7.97. The van der Waals surface area contributed by atoms with Crippen LogP contribution in [0.5, 0.6) is 0 Å². The summed E-state index contributed by atoms with van der Waals surface area (Å²) in [6.45, 7) is 0.554. The highest BCUT2D eigenvalue weighted by atomic mass is 32.1. The number of aliphatic hydroxyl groups excluding tert-OH is 1. The number of benzene rings is 1. The summed E-state index contributed by atoms with van der Waals surface area (Å²) in [5.41, 5.74) is 5.79. The molecule has 1 saturated heterocycles. The molecule has 1 aromatic carbocycles. The fourth-order valence-electron chi connectivity index (χ4n) is 4.03. The number of nitrogens with one attached hydrogen (secondary N) is 1. The molecule has 0 radical (unpaired) electrons. The van der Waals surface area contributed by atoms with E-state index < -0.39 is 23.7 Å². The quantitative estimate of drug-likeness (QED) is 0.415. The summed E-state index contributed by atoms with van der Waals surface area (Å²) in [4.78, 5) is 34.4. The van der Waals surface area contributed by atoms with Crippen molar-refractivity contribution in [2.75, 3.05) is 23.8 Å². The van der Waals surface area contributed by atoms with Gasteiger partial charge in [-0.05, 0) is 36.5 Å². The number of aromatic nitrogens is 5. The number of anilines is 2. The van der Waals surface area contributed by atoms with Crippen molar-refractivity contribution in [3.8, 4) is 0 Å². The van der Waals surface area contributed by atoms with Crippen molar-refractivity contribution >= 4 is 50.1 Å². The Bertz CT molecular complexity index is 1420. The van der Waals surface area contributed by atoms with Gasteiger partial charge in [0.2, 0.25) is 0 Å². The maximum atomic E-state index is 13.1. The zero-order valence-corrected chi connectivity index (χ0v) is 17.6. The molecule has 4 N–H and O–H groups in total. The summed E-state index contributed by atoms with van der Waals surface area (Å²) in [5, 5.41) is 16.4. The van der Waals surface area contributed by atoms with E-state index in [1.807, 2.05) is 10.9 Å². The lowest BCUT2D eigenvalue weighted by Gasteiger charge is -2.32. The van der Waals surface area contributed by atoms with Crippen LogP contribution in [-0.4, -0.2) is 54.4 Å². The highest BCUT2D eigenvalue weighted by molar-refractivity contribution is 7.14. The Labute approximate surface area is 184 Å². The van der Waals surface area contributed by atoms with E-state index in [0.717, 1.165) is 24.4 Å². The first-order valence-electron chi connectivity index (χ1n) is 10.3. The van der Waals surface area contributed by atoms with Gasteiger partial charge in [0, 0.05) is 17.6 Å². The van der Waals surface area contributed by atoms with Crippen LogP contribution in [0.15, 0.2) is 29.2 Å². The number of aromatic amines is 1. The minimum atomic E-state index is -1.45. The maximum Gasteiger partial charge on any atom is 0.282 e. The van der Waals surface area contributed by atoms with Gasteiger partial charge in [0.1, 0.15) is 17.7 Å². The van der Waals surface area contributed by atoms with E-state index in [4.69, 9.17) is 10.5 Å². The summed E-state index contributed by atoms with van der Waals surface area (Å²) in [6, 6.07) is 5.62. The topological polar surface area (TPSA) is 152 Å². The standard InChI is InChI=1S/C20H19N7O4S/c21-17-10-3-4-11-13(16(10)32-25-17)19(29)23-18(22-11)14(28)15-20(30)26(7-8-31-15)12-5-6-27(24-12)9-1-2-9/h3-6,9,14-15,28H,1-2,7-8H2,(H2,21,25)(H,22,23,29)/t14-,15?/m1/s1. The number of rotatable bonds is 4. The number of fused-ring (bicyclic) bond motifs is 3. The van der Waals surface area contributed by atoms with Gasteiger partial charge in [-0.15, -0.1) is 0 Å². The normalized spacial score (nSPS) is 20.3. The monoisotopic (exact) mass is 453 g/mol. The molecule has 164 valence electrons. The predicted octanol–water partition coefficient (Wildman–Crippen LogP) is 1.11. The molecular weight excluding hydrogens is 434 g/mol. The van der Waals surface area contributed by atoms with Gasteiger partial charge in [-0.25, -0.2) is 0 Å². The van der Waals surface area contributed by atoms with E-state index in [-0.39, 0.29) is 12.4 Å². The number of hydrogen-bond acceptors (Lipinski definition) is 9. The van der Waals surface area contributed by atoms with Crippen LogP contribution in [0.25, 0.3) is 21.0 Å². The van der Waals surface area contributed by atoms with Crippen molar-refractivity contribution in [2.24, 2.45) is 0 Å². The van der Waals surface area contributed by atoms with Crippen LogP contribution >= 0.6 is 11.5 Å². The molecule has 1 amide bonds. The number of nitrogens with zero attached hydrogens (tertiary/aromatic N) is 5. The van der Waals surface area contributed by atoms with Gasteiger partial charge in [-0.3, -0.25) is 19.2 Å². The summed E-state index contributed by atoms with van der Waals surface area (Å²) in [6.07, 6.45) is 1.37. The average molecular weight is 453 g/mol. The van der Waals surface area contributed by atoms with Gasteiger partial charge in [0.05, 0.1) is 34.8 Å². The van der Waals surface area contributed by atoms with E-state index in [0.29, 0.717) is 45.2 Å². The first-order chi connectivity index (χ1) is 15.5. The average Bonchev–Trinajstić information content (AvgIpc) is 3.41. The molecule has 1 aliphatic carbocycles. The third-order valence-corrected chi connectivity index (χ3v) is 6.74. The fourth-order valence-corrected chi connectivity index (χ4v) is 4.88. The summed E-state index contributed by atoms with van der Waals surface area (Å²) in [5.74, 6) is 0.398. The van der Waals surface area contributed by atoms with Crippen molar-refractivity contribution in [2.45, 2.75) is 31.1 Å². The van der Waals surface area contributed by atoms with Gasteiger partial charge >= 0.3 is 0 Å². The van der Waals surface area contributed by atoms with Crippen LogP contribution < -0.4 is 16.2 Å². The van der Waals surface area contributed by atoms with E-state index in [1.165, 1.54) is 4.90 Å². The number of ether oxygens (including phenoxy) is 1. The minimum absolute atomic E-state index is 0.0388. The molecule has 2 aliphatic rings. The maximum absolute atomic E-state index is 13.1. The zero-order valence-electron chi connectivity index (χ0n) is 16.8. The SMILES string of the molecule is Nc1nsc2c1ccc1[nH]c([C@H](O)C3OCCN(c4ccn(C5CC5)n4)C3=O)nc(=O)c12. The van der Waals surface area contributed by atoms with Crippen molar-refractivity contribution in [1.29, 1.82) is 0 Å². The number of H-pyrrole nitrogens is 1. The number of morpholine rings is 1. The van der Waals surface area contributed by atoms with Gasteiger partial charge < -0.3 is 20.6 Å². The Morgan fingerprint density at radius 3 is 2.94 bits per heavy atom. The van der Waals surface area contributed by atoms with Crippen molar-refractivity contribution in [1.82, 2.24) is 24.1 Å². The Morgan fingerprint density at radius 1 is 1.28 bits per heavy atom. The van der Waals surface area contributed by atoms with Crippen LogP contribution in [0.4, 0.5) is 11.6 Å². The Morgan fingerprint density at radius 2 is 2.12 bits per heavy atom. The highest BCUT2D eigenvalue weighted by Gasteiger charge is 2.39. The lowest BCUT2D eigenvalue weighted by molar-refractivity contribution is -0.143. The summed E-state index contributed by atoms with van der Waals surface area (Å²) in [7, 11) is 0. The van der Waals surface area contributed by atoms with E-state index in [9.17, 15) is 14.7 Å². The third-order valence-electron chi connectivity index (χ3n) is 5.85. The minimum Gasteiger partial charge on any atom is -0.382 e. The highest BCUT2D eigenvalue weighted by Crippen LogP contribution is 2.35. The number of amides is 1. The molecule has 0 spiro atoms. The lowest BCUT2D eigenvalue weighted by Crippen LogP contribution is -2.50. The number of carbonyl (C=O) groups is 1. The van der Waals surface area contributed by atoms with Crippen LogP contribution in [0.2, 0.25) is 0 Å². The molecule has 6 rings (SSSR count). The molecule has 2 atom stereocenters. The first-order valence-corrected chi connectivity index (χ1v) is 11.0. The molecule has 1 saturated carbocycles. The molecular formula is C20H19N7O4S. The van der Waals surface area contributed by atoms with Crippen LogP contribution in [-0.2, 0) is 9.53 Å². The van der Waals surface area contributed by atoms with Crippen molar-refractivity contribution < 1.29 is 14.6 Å². The molecule has 11 nitrogen and oxygen atoms in total. The number of nitrogens with two attached hydrogens (primary N) is 1. The van der Waals surface area contributed by atoms with Gasteiger partial charge in [-0.2, -0.15) is 14.5 Å². The smallest absolute Gasteiger partial charge is 0.282 e.